The van der Waals surface area contributed by atoms with E-state index in [1.54, 1.807) is 0 Å². The lowest BCUT2D eigenvalue weighted by Gasteiger charge is -2.05. The van der Waals surface area contributed by atoms with Gasteiger partial charge in [-0.2, -0.15) is 4.57 Å². The highest BCUT2D eigenvalue weighted by atomic mass is 15.0. The molecule has 27 heavy (non-hydrogen) atoms. The fourth-order valence-electron chi connectivity index (χ4n) is 3.30. The summed E-state index contributed by atoms with van der Waals surface area (Å²) in [6, 6.07) is 16.7. The molecule has 0 saturated carbocycles. The average Bonchev–Trinajstić information content (AvgIpc) is 3.10. The fourth-order valence-corrected chi connectivity index (χ4v) is 3.30. The molecule has 4 rings (SSSR count). The monoisotopic (exact) mass is 355 g/mol. The molecule has 0 aliphatic rings. The van der Waals surface area contributed by atoms with Gasteiger partial charge in [0.15, 0.2) is 12.7 Å². The summed E-state index contributed by atoms with van der Waals surface area (Å²) in [5.41, 5.74) is 12.5. The molecule has 4 nitrogen and oxygen atoms in total. The third-order valence-corrected chi connectivity index (χ3v) is 4.68. The number of fused-ring (bicyclic) bond motifs is 1. The molecule has 134 valence electrons. The lowest BCUT2D eigenvalue weighted by molar-refractivity contribution is -0.683. The normalized spacial score (nSPS) is 11.5. The number of hydrogen-bond acceptors (Lipinski definition) is 2. The van der Waals surface area contributed by atoms with E-state index in [2.05, 4.69) is 76.2 Å². The average molecular weight is 355 g/mol. The molecule has 0 radical (unpaired) electrons. The van der Waals surface area contributed by atoms with Gasteiger partial charge in [0, 0.05) is 35.4 Å². The molecule has 0 amide bonds. The second-order valence-corrected chi connectivity index (χ2v) is 6.67. The largest absolute Gasteiger partial charge is 0.361 e. The quantitative estimate of drug-likeness (QED) is 0.533. The zero-order valence-electron chi connectivity index (χ0n) is 15.4. The van der Waals surface area contributed by atoms with Crippen LogP contribution in [0, 0.1) is 6.92 Å². The number of nitrogens with one attached hydrogen (secondary N) is 1. The third-order valence-electron chi connectivity index (χ3n) is 4.68. The first kappa shape index (κ1) is 17.2. The van der Waals surface area contributed by atoms with Crippen molar-refractivity contribution in [3.8, 4) is 11.4 Å². The van der Waals surface area contributed by atoms with E-state index in [1.807, 2.05) is 24.5 Å². The highest BCUT2D eigenvalue weighted by Crippen LogP contribution is 2.21. The minimum Gasteiger partial charge on any atom is -0.361 e. The Morgan fingerprint density at radius 1 is 1.11 bits per heavy atom. The number of nitrogens with zero attached hydrogens (tertiary/aromatic N) is 2. The van der Waals surface area contributed by atoms with Gasteiger partial charge in [-0.05, 0) is 41.8 Å². The molecule has 0 fully saturated rings. The van der Waals surface area contributed by atoms with Crippen molar-refractivity contribution in [3.63, 3.8) is 0 Å². The van der Waals surface area contributed by atoms with E-state index in [-0.39, 0.29) is 0 Å². The van der Waals surface area contributed by atoms with Gasteiger partial charge in [0.2, 0.25) is 5.69 Å². The van der Waals surface area contributed by atoms with E-state index in [9.17, 15) is 0 Å². The van der Waals surface area contributed by atoms with E-state index in [1.165, 1.54) is 16.5 Å². The number of nitrogens with two attached hydrogens (primary N) is 1. The summed E-state index contributed by atoms with van der Waals surface area (Å²) in [5, 5.41) is 1.23. The van der Waals surface area contributed by atoms with Crippen molar-refractivity contribution in [1.82, 2.24) is 9.97 Å². The number of para-hydroxylation sites is 1. The van der Waals surface area contributed by atoms with Crippen LogP contribution in [0.4, 0.5) is 0 Å². The van der Waals surface area contributed by atoms with Crippen LogP contribution in [0.5, 0.6) is 0 Å². The lowest BCUT2D eigenvalue weighted by Crippen LogP contribution is -2.39. The molecular weight excluding hydrogens is 332 g/mol. The van der Waals surface area contributed by atoms with Gasteiger partial charge in [-0.3, -0.25) is 0 Å². The van der Waals surface area contributed by atoms with Crippen LogP contribution in [0.2, 0.25) is 0 Å². The maximum Gasteiger partial charge on any atom is 0.231 e. The Kier molecular flexibility index (Phi) is 4.81. The molecule has 0 spiro atoms. The second kappa shape index (κ2) is 7.56. The molecule has 3 heterocycles. The van der Waals surface area contributed by atoms with Crippen LogP contribution in [-0.2, 0) is 6.54 Å². The van der Waals surface area contributed by atoms with Crippen molar-refractivity contribution < 1.29 is 4.57 Å². The van der Waals surface area contributed by atoms with E-state index in [0.29, 0.717) is 6.54 Å². The molecule has 4 heteroatoms. The van der Waals surface area contributed by atoms with Gasteiger partial charge in [0.1, 0.15) is 5.69 Å². The molecular formula is C23H23N4+. The molecule has 1 aromatic carbocycles. The summed E-state index contributed by atoms with van der Waals surface area (Å²) < 4.78 is 2.16. The van der Waals surface area contributed by atoms with Gasteiger partial charge in [-0.25, -0.2) is 4.98 Å². The van der Waals surface area contributed by atoms with Gasteiger partial charge in [-0.15, -0.1) is 0 Å². The van der Waals surface area contributed by atoms with Crippen LogP contribution in [0.25, 0.3) is 34.4 Å². The van der Waals surface area contributed by atoms with Crippen LogP contribution in [0.1, 0.15) is 16.7 Å². The number of rotatable bonds is 5. The summed E-state index contributed by atoms with van der Waals surface area (Å²) in [7, 11) is 0. The van der Waals surface area contributed by atoms with Gasteiger partial charge >= 0.3 is 0 Å². The summed E-state index contributed by atoms with van der Waals surface area (Å²) in [6.07, 6.45) is 10.3. The van der Waals surface area contributed by atoms with E-state index in [0.717, 1.165) is 29.0 Å². The predicted molar refractivity (Wildman–Crippen MR) is 111 cm³/mol. The Morgan fingerprint density at radius 2 is 2.00 bits per heavy atom. The molecule has 3 N–H and O–H groups in total. The van der Waals surface area contributed by atoms with Gasteiger partial charge in [0.05, 0.1) is 6.54 Å². The Balaban J connectivity index is 1.72. The van der Waals surface area contributed by atoms with Crippen molar-refractivity contribution in [2.45, 2.75) is 13.5 Å². The molecule has 4 aromatic rings. The van der Waals surface area contributed by atoms with E-state index >= 15 is 0 Å². The maximum absolute atomic E-state index is 5.79. The van der Waals surface area contributed by atoms with Crippen LogP contribution in [-0.4, -0.2) is 16.5 Å². The van der Waals surface area contributed by atoms with Crippen molar-refractivity contribution in [2.24, 2.45) is 5.73 Å². The fraction of sp³-hybridized carbons (Fsp3) is 0.130. The number of pyridine rings is 2. The predicted octanol–water partition coefficient (Wildman–Crippen LogP) is 3.95. The van der Waals surface area contributed by atoms with Crippen LogP contribution in [0.15, 0.2) is 67.1 Å². The number of hydrogen-bond donors (Lipinski definition) is 2. The van der Waals surface area contributed by atoms with Crippen molar-refractivity contribution in [2.75, 3.05) is 6.54 Å². The zero-order chi connectivity index (χ0) is 18.6. The second-order valence-electron chi connectivity index (χ2n) is 6.67. The minimum atomic E-state index is 0.591. The molecule has 0 saturated heterocycles. The maximum atomic E-state index is 5.79. The number of aromatic amines is 1. The Morgan fingerprint density at radius 3 is 2.85 bits per heavy atom. The van der Waals surface area contributed by atoms with Gasteiger partial charge in [0.25, 0.3) is 0 Å². The summed E-state index contributed by atoms with van der Waals surface area (Å²) in [4.78, 5) is 7.87. The molecule has 0 bridgehead atoms. The SMILES string of the molecule is Cc1ccnc(-c2cc(/C=C/c3c[nH]c4ccccc34)cc[n+]2CCN)c1. The lowest BCUT2D eigenvalue weighted by atomic mass is 10.1. The minimum absolute atomic E-state index is 0.591. The number of aromatic nitrogens is 3. The van der Waals surface area contributed by atoms with Crippen LogP contribution < -0.4 is 10.3 Å². The third kappa shape index (κ3) is 3.66. The summed E-state index contributed by atoms with van der Waals surface area (Å²) in [6.45, 7) is 3.44. The number of benzene rings is 1. The van der Waals surface area contributed by atoms with Gasteiger partial charge in [-0.1, -0.05) is 30.4 Å². The number of aryl methyl sites for hydroxylation is 1. The Hall–Kier alpha value is -3.24. The molecule has 0 atom stereocenters. The molecule has 0 aliphatic heterocycles. The summed E-state index contributed by atoms with van der Waals surface area (Å²) >= 11 is 0. The first-order valence-electron chi connectivity index (χ1n) is 9.15. The Bertz CT molecular complexity index is 1110. The first-order chi connectivity index (χ1) is 13.2. The smallest absolute Gasteiger partial charge is 0.231 e. The van der Waals surface area contributed by atoms with Crippen LogP contribution >= 0.6 is 0 Å². The van der Waals surface area contributed by atoms with E-state index in [4.69, 9.17) is 5.73 Å². The van der Waals surface area contributed by atoms with Crippen molar-refractivity contribution in [3.05, 3.63) is 83.8 Å². The molecule has 0 unspecified atom stereocenters. The van der Waals surface area contributed by atoms with Crippen molar-refractivity contribution in [1.29, 1.82) is 0 Å². The molecule has 0 aliphatic carbocycles. The van der Waals surface area contributed by atoms with Gasteiger partial charge < -0.3 is 10.7 Å². The highest BCUT2D eigenvalue weighted by molar-refractivity contribution is 5.91. The van der Waals surface area contributed by atoms with Crippen molar-refractivity contribution >= 4 is 23.1 Å². The Labute approximate surface area is 159 Å². The molecule has 3 aromatic heterocycles. The van der Waals surface area contributed by atoms with E-state index < -0.39 is 0 Å². The highest BCUT2D eigenvalue weighted by Gasteiger charge is 2.14. The van der Waals surface area contributed by atoms with Crippen LogP contribution in [0.3, 0.4) is 0 Å². The summed E-state index contributed by atoms with van der Waals surface area (Å²) in [5.74, 6) is 0. The first-order valence-corrected chi connectivity index (χ1v) is 9.15. The zero-order valence-corrected chi connectivity index (χ0v) is 15.4. The topological polar surface area (TPSA) is 58.6 Å². The number of H-pyrrole nitrogens is 1. The standard InChI is InChI=1S/C23H22N4/c1-17-8-11-25-22(14-17)23-15-18(9-12-27(23)13-10-24)6-7-19-16-26-21-5-3-2-4-20(19)21/h2-9,11-12,14-16H,10,13,24H2,1H3/p+1.